The van der Waals surface area contributed by atoms with Gasteiger partial charge in [0.1, 0.15) is 36.6 Å². The van der Waals surface area contributed by atoms with Crippen LogP contribution in [0.3, 0.4) is 0 Å². The Labute approximate surface area is 325 Å². The number of methoxy groups -OCH3 is 2. The number of ether oxygens (including phenoxy) is 6. The summed E-state index contributed by atoms with van der Waals surface area (Å²) in [7, 11) is 2.87. The molecule has 6 rings (SSSR count). The van der Waals surface area contributed by atoms with Crippen LogP contribution in [0.4, 0.5) is 0 Å². The van der Waals surface area contributed by atoms with E-state index < -0.39 is 115 Å². The molecular formula is C40H70O15. The van der Waals surface area contributed by atoms with E-state index in [4.69, 9.17) is 28.4 Å². The predicted octanol–water partition coefficient (Wildman–Crippen LogP) is -0.0801. The lowest BCUT2D eigenvalue weighted by Crippen LogP contribution is -2.71. The average molecular weight is 791 g/mol. The van der Waals surface area contributed by atoms with Crippen molar-refractivity contribution in [2.75, 3.05) is 34.0 Å². The van der Waals surface area contributed by atoms with Crippen molar-refractivity contribution in [1.29, 1.82) is 0 Å². The fourth-order valence-electron chi connectivity index (χ4n) is 12.7. The summed E-state index contributed by atoms with van der Waals surface area (Å²) >= 11 is 0. The molecule has 6 aliphatic rings. The van der Waals surface area contributed by atoms with Crippen LogP contribution >= 0.6 is 0 Å². The highest BCUT2D eigenvalue weighted by Gasteiger charge is 2.73. The third kappa shape index (κ3) is 7.47. The highest BCUT2D eigenvalue weighted by Crippen LogP contribution is 2.70. The third-order valence-corrected chi connectivity index (χ3v) is 15.7. The summed E-state index contributed by atoms with van der Waals surface area (Å²) in [6, 6.07) is 0. The fourth-order valence-corrected chi connectivity index (χ4v) is 12.7. The van der Waals surface area contributed by atoms with Crippen LogP contribution in [0.2, 0.25) is 0 Å². The SMILES string of the molecule is CO[C@H]1[C@H](O[C@H]2[C@H](OC[C@H](CC[C@@H](C)[C@H]3[C@@H](O)[C@@H](O)[C@@H]4[C@]3(C)CC[C@@H]3[C@@]5(C)CC[C@H](O)[C@H](O)[C@@H]5[C@@H](O)C[C@]34O)C(C)C)O[C@@H](CO)[C@@H]2O)OC[C@@H](OC)[C@@H]1O. The van der Waals surface area contributed by atoms with Gasteiger partial charge in [-0.1, -0.05) is 34.6 Å². The van der Waals surface area contributed by atoms with E-state index in [1.807, 2.05) is 6.92 Å². The maximum atomic E-state index is 12.7. The molecular weight excluding hydrogens is 720 g/mol. The lowest BCUT2D eigenvalue weighted by molar-refractivity contribution is -0.310. The van der Waals surface area contributed by atoms with Crippen LogP contribution < -0.4 is 0 Å². The van der Waals surface area contributed by atoms with Crippen LogP contribution in [0.5, 0.6) is 0 Å². The van der Waals surface area contributed by atoms with Gasteiger partial charge < -0.3 is 74.4 Å². The van der Waals surface area contributed by atoms with E-state index in [0.29, 0.717) is 38.5 Å². The Morgan fingerprint density at radius 1 is 0.764 bits per heavy atom. The van der Waals surface area contributed by atoms with Gasteiger partial charge >= 0.3 is 0 Å². The van der Waals surface area contributed by atoms with Crippen molar-refractivity contribution < 1.29 is 74.4 Å². The van der Waals surface area contributed by atoms with Gasteiger partial charge in [0.05, 0.1) is 55.9 Å². The van der Waals surface area contributed by atoms with Gasteiger partial charge in [-0.3, -0.25) is 0 Å². The second kappa shape index (κ2) is 16.8. The number of aliphatic hydroxyl groups excluding tert-OH is 8. The minimum atomic E-state index is -1.46. The molecule has 15 heteroatoms. The van der Waals surface area contributed by atoms with Crippen LogP contribution in [-0.4, -0.2) is 165 Å². The van der Waals surface area contributed by atoms with Crippen molar-refractivity contribution in [3.8, 4) is 0 Å². The third-order valence-electron chi connectivity index (χ3n) is 15.7. The van der Waals surface area contributed by atoms with Gasteiger partial charge in [0.25, 0.3) is 0 Å². The number of hydrogen-bond acceptors (Lipinski definition) is 15. The first-order valence-corrected chi connectivity index (χ1v) is 20.6. The molecule has 15 nitrogen and oxygen atoms in total. The molecule has 2 aliphatic heterocycles. The number of aliphatic hydroxyl groups is 9. The summed E-state index contributed by atoms with van der Waals surface area (Å²) in [4.78, 5) is 0. The second-order valence-electron chi connectivity index (χ2n) is 18.8. The van der Waals surface area contributed by atoms with Crippen molar-refractivity contribution in [1.82, 2.24) is 0 Å². The Hall–Kier alpha value is -0.600. The summed E-state index contributed by atoms with van der Waals surface area (Å²) in [5, 5.41) is 101. The Morgan fingerprint density at radius 3 is 2.09 bits per heavy atom. The zero-order valence-electron chi connectivity index (χ0n) is 33.6. The van der Waals surface area contributed by atoms with Crippen molar-refractivity contribution in [3.63, 3.8) is 0 Å². The Balaban J connectivity index is 1.12. The molecule has 2 heterocycles. The van der Waals surface area contributed by atoms with E-state index in [2.05, 4.69) is 27.7 Å². The molecule has 55 heavy (non-hydrogen) atoms. The predicted molar refractivity (Wildman–Crippen MR) is 195 cm³/mol. The van der Waals surface area contributed by atoms with E-state index in [1.165, 1.54) is 14.2 Å². The summed E-state index contributed by atoms with van der Waals surface area (Å²) < 4.78 is 34.9. The monoisotopic (exact) mass is 790 g/mol. The zero-order chi connectivity index (χ0) is 40.4. The van der Waals surface area contributed by atoms with E-state index in [0.717, 1.165) is 0 Å². The van der Waals surface area contributed by atoms with Gasteiger partial charge in [-0.25, -0.2) is 0 Å². The molecule has 0 radical (unpaired) electrons. The molecule has 0 unspecified atom stereocenters. The Morgan fingerprint density at radius 2 is 1.45 bits per heavy atom. The highest BCUT2D eigenvalue weighted by atomic mass is 16.8. The molecule has 0 aromatic rings. The molecule has 2 saturated heterocycles. The van der Waals surface area contributed by atoms with Crippen LogP contribution in [0, 0.1) is 52.3 Å². The molecule has 0 amide bonds. The topological polar surface area (TPSA) is 237 Å². The zero-order valence-corrected chi connectivity index (χ0v) is 33.6. The molecule has 0 spiro atoms. The largest absolute Gasteiger partial charge is 0.394 e. The quantitative estimate of drug-likeness (QED) is 0.119. The minimum Gasteiger partial charge on any atom is -0.394 e. The standard InChI is InChI=1S/C40H70O15/c1-18(2)20(16-52-37-34(29(45)23(15-41)54-37)55-36-33(51-7)30(46)24(50-6)17-53-36)9-8-19(3)26-31(47)32(48)35-39(26,5)13-11-25-38(4)12-10-21(42)28(44)27(38)22(43)14-40(25,35)49/h18-37,41-49H,8-17H2,1-7H3/t19-,20+,21+,22+,23+,24-,25-,26+,27+,28+,29+,30+,31-,32-,33-,34-,35-,36+,37-,38-,39-,40+/m1/s1. The van der Waals surface area contributed by atoms with Crippen molar-refractivity contribution >= 4 is 0 Å². The molecule has 22 atom stereocenters. The van der Waals surface area contributed by atoms with Crippen molar-refractivity contribution in [2.24, 2.45) is 52.3 Å². The maximum Gasteiger partial charge on any atom is 0.187 e. The molecule has 0 aromatic heterocycles. The van der Waals surface area contributed by atoms with Crippen molar-refractivity contribution in [2.45, 2.75) is 165 Å². The summed E-state index contributed by atoms with van der Waals surface area (Å²) in [6.07, 6.45) is -9.78. The smallest absolute Gasteiger partial charge is 0.187 e. The number of fused-ring (bicyclic) bond motifs is 5. The molecule has 320 valence electrons. The average Bonchev–Trinajstić information content (AvgIpc) is 3.53. The molecule has 0 bridgehead atoms. The number of hydrogen-bond donors (Lipinski definition) is 9. The highest BCUT2D eigenvalue weighted by molar-refractivity contribution is 5.22. The summed E-state index contributed by atoms with van der Waals surface area (Å²) in [5.74, 6) is -1.79. The molecule has 6 fully saturated rings. The molecule has 9 N–H and O–H groups in total. The first-order valence-electron chi connectivity index (χ1n) is 20.6. The second-order valence-corrected chi connectivity index (χ2v) is 18.8. The Kier molecular flexibility index (Phi) is 13.4. The van der Waals surface area contributed by atoms with Crippen LogP contribution in [0.1, 0.15) is 79.6 Å². The van der Waals surface area contributed by atoms with Crippen LogP contribution in [-0.2, 0) is 28.4 Å². The van der Waals surface area contributed by atoms with Crippen LogP contribution in [0.25, 0.3) is 0 Å². The van der Waals surface area contributed by atoms with E-state index in [1.54, 1.807) is 0 Å². The van der Waals surface area contributed by atoms with Gasteiger partial charge in [-0.05, 0) is 78.9 Å². The number of rotatable bonds is 13. The summed E-state index contributed by atoms with van der Waals surface area (Å²) in [5.41, 5.74) is -2.73. The fraction of sp³-hybridized carbons (Fsp3) is 1.00. The maximum absolute atomic E-state index is 12.7. The van der Waals surface area contributed by atoms with Gasteiger partial charge in [0.15, 0.2) is 12.6 Å². The molecule has 4 aliphatic carbocycles. The van der Waals surface area contributed by atoms with Gasteiger partial charge in [-0.2, -0.15) is 0 Å². The van der Waals surface area contributed by atoms with Gasteiger partial charge in [-0.15, -0.1) is 0 Å². The molecule has 0 aromatic carbocycles. The van der Waals surface area contributed by atoms with Gasteiger partial charge in [0.2, 0.25) is 0 Å². The molecule has 4 saturated carbocycles. The lowest BCUT2D eigenvalue weighted by atomic mass is 9.41. The van der Waals surface area contributed by atoms with Crippen LogP contribution in [0.15, 0.2) is 0 Å². The lowest BCUT2D eigenvalue weighted by Gasteiger charge is -2.66. The minimum absolute atomic E-state index is 0.0180. The van der Waals surface area contributed by atoms with Crippen molar-refractivity contribution in [3.05, 3.63) is 0 Å². The first kappa shape index (κ1) is 44.0. The first-order chi connectivity index (χ1) is 25.9. The van der Waals surface area contributed by atoms with E-state index in [-0.39, 0.29) is 49.2 Å². The van der Waals surface area contributed by atoms with E-state index in [9.17, 15) is 46.0 Å². The van der Waals surface area contributed by atoms with E-state index >= 15 is 0 Å². The normalized spacial score (nSPS) is 52.4. The van der Waals surface area contributed by atoms with Gasteiger partial charge in [0, 0.05) is 32.5 Å². The summed E-state index contributed by atoms with van der Waals surface area (Å²) in [6.45, 7) is 10.1. The Bertz CT molecular complexity index is 1280.